The molecule has 0 spiro atoms. The summed E-state index contributed by atoms with van der Waals surface area (Å²) in [6, 6.07) is 8.30. The first-order chi connectivity index (χ1) is 12.0. The normalized spacial score (nSPS) is 15.8. The zero-order chi connectivity index (χ0) is 18.2. The molecule has 136 valence electrons. The third-order valence-electron chi connectivity index (χ3n) is 4.45. The fourth-order valence-corrected chi connectivity index (χ4v) is 2.85. The summed E-state index contributed by atoms with van der Waals surface area (Å²) >= 11 is 0. The van der Waals surface area contributed by atoms with E-state index in [1.165, 1.54) is 5.56 Å². The van der Waals surface area contributed by atoms with Gasteiger partial charge in [-0.2, -0.15) is 0 Å². The maximum Gasteiger partial charge on any atom is 0.246 e. The molecule has 0 aromatic heterocycles. The van der Waals surface area contributed by atoms with E-state index in [9.17, 15) is 9.59 Å². The van der Waals surface area contributed by atoms with Crippen molar-refractivity contribution in [2.24, 2.45) is 0 Å². The fraction of sp³-hybridized carbons (Fsp3) is 0.500. The second-order valence-electron chi connectivity index (χ2n) is 6.71. The molecule has 5 heteroatoms. The lowest BCUT2D eigenvalue weighted by molar-refractivity contribution is -0.128. The minimum Gasteiger partial charge on any atom is -0.355 e. The summed E-state index contributed by atoms with van der Waals surface area (Å²) in [6.07, 6.45) is 3.51. The summed E-state index contributed by atoms with van der Waals surface area (Å²) in [5, 5.41) is 2.80. The summed E-state index contributed by atoms with van der Waals surface area (Å²) < 4.78 is 0. The highest BCUT2D eigenvalue weighted by Gasteiger charge is 2.20. The van der Waals surface area contributed by atoms with Crippen molar-refractivity contribution in [2.45, 2.75) is 26.7 Å². The maximum atomic E-state index is 12.3. The molecule has 1 aliphatic rings. The number of carbonyl (C=O) groups excluding carboxylic acids is 2. The summed E-state index contributed by atoms with van der Waals surface area (Å²) in [4.78, 5) is 27.9. The van der Waals surface area contributed by atoms with Crippen LogP contribution in [0.3, 0.4) is 0 Å². The van der Waals surface area contributed by atoms with Gasteiger partial charge in [-0.25, -0.2) is 0 Å². The van der Waals surface area contributed by atoms with Crippen molar-refractivity contribution in [2.75, 3.05) is 39.3 Å². The third-order valence-corrected chi connectivity index (χ3v) is 4.45. The van der Waals surface area contributed by atoms with E-state index in [2.05, 4.69) is 36.2 Å². The van der Waals surface area contributed by atoms with Gasteiger partial charge in [0.1, 0.15) is 0 Å². The smallest absolute Gasteiger partial charge is 0.246 e. The van der Waals surface area contributed by atoms with Crippen LogP contribution in [-0.4, -0.2) is 60.9 Å². The van der Waals surface area contributed by atoms with E-state index in [1.807, 2.05) is 30.0 Å². The molecule has 1 N–H and O–H groups in total. The molecule has 2 rings (SSSR count). The van der Waals surface area contributed by atoms with Gasteiger partial charge in [0.05, 0.1) is 6.54 Å². The first-order valence-electron chi connectivity index (χ1n) is 9.05. The van der Waals surface area contributed by atoms with E-state index in [0.29, 0.717) is 32.1 Å². The molecule has 0 saturated carbocycles. The fourth-order valence-electron chi connectivity index (χ4n) is 2.85. The van der Waals surface area contributed by atoms with Crippen LogP contribution in [0.15, 0.2) is 30.3 Å². The molecule has 1 aromatic carbocycles. The molecule has 0 unspecified atom stereocenters. The molecule has 5 nitrogen and oxygen atoms in total. The van der Waals surface area contributed by atoms with E-state index in [0.717, 1.165) is 18.7 Å². The summed E-state index contributed by atoms with van der Waals surface area (Å²) in [6.45, 7) is 10.1. The van der Waals surface area contributed by atoms with Crippen molar-refractivity contribution in [3.63, 3.8) is 0 Å². The number of hydrogen-bond acceptors (Lipinski definition) is 3. The molecule has 2 amide bonds. The Morgan fingerprint density at radius 2 is 1.76 bits per heavy atom. The topological polar surface area (TPSA) is 52.7 Å². The summed E-state index contributed by atoms with van der Waals surface area (Å²) in [7, 11) is 0. The van der Waals surface area contributed by atoms with Crippen LogP contribution in [0.1, 0.15) is 37.8 Å². The van der Waals surface area contributed by atoms with E-state index >= 15 is 0 Å². The lowest BCUT2D eigenvalue weighted by Crippen LogP contribution is -2.50. The Morgan fingerprint density at radius 3 is 2.32 bits per heavy atom. The highest BCUT2D eigenvalue weighted by Crippen LogP contribution is 2.15. The SMILES string of the molecule is CCNC(=O)CN1CCN(C(=O)/C=C/c2ccc(C(C)C)cc2)CC1. The van der Waals surface area contributed by atoms with Gasteiger partial charge >= 0.3 is 0 Å². The Morgan fingerprint density at radius 1 is 1.12 bits per heavy atom. The second kappa shape index (κ2) is 9.37. The zero-order valence-corrected chi connectivity index (χ0v) is 15.5. The van der Waals surface area contributed by atoms with Gasteiger partial charge in [-0.3, -0.25) is 14.5 Å². The Balaban J connectivity index is 1.81. The van der Waals surface area contributed by atoms with Crippen LogP contribution in [0.4, 0.5) is 0 Å². The first-order valence-corrected chi connectivity index (χ1v) is 9.05. The minimum absolute atomic E-state index is 0.0330. The molecule has 25 heavy (non-hydrogen) atoms. The van der Waals surface area contributed by atoms with E-state index in [4.69, 9.17) is 0 Å². The van der Waals surface area contributed by atoms with E-state index < -0.39 is 0 Å². The minimum atomic E-state index is 0.0330. The number of nitrogens with zero attached hydrogens (tertiary/aromatic N) is 2. The lowest BCUT2D eigenvalue weighted by atomic mass is 10.0. The van der Waals surface area contributed by atoms with Gasteiger partial charge in [0.15, 0.2) is 0 Å². The van der Waals surface area contributed by atoms with Crippen LogP contribution >= 0.6 is 0 Å². The van der Waals surface area contributed by atoms with Crippen LogP contribution in [-0.2, 0) is 9.59 Å². The molecule has 1 aromatic rings. The van der Waals surface area contributed by atoms with Crippen LogP contribution < -0.4 is 5.32 Å². The van der Waals surface area contributed by atoms with Crippen molar-refractivity contribution in [3.8, 4) is 0 Å². The molecular formula is C20H29N3O2. The molecular weight excluding hydrogens is 314 g/mol. The predicted octanol–water partition coefficient (Wildman–Crippen LogP) is 2.10. The molecule has 0 atom stereocenters. The average Bonchev–Trinajstić information content (AvgIpc) is 2.61. The number of hydrogen-bond donors (Lipinski definition) is 1. The standard InChI is InChI=1S/C20H29N3O2/c1-4-21-19(24)15-22-11-13-23(14-12-22)20(25)10-7-17-5-8-18(9-6-17)16(2)3/h5-10,16H,4,11-15H2,1-3H3,(H,21,24)/b10-7+. The quantitative estimate of drug-likeness (QED) is 0.805. The van der Waals surface area contributed by atoms with E-state index in [1.54, 1.807) is 6.08 Å². The van der Waals surface area contributed by atoms with Crippen molar-refractivity contribution < 1.29 is 9.59 Å². The van der Waals surface area contributed by atoms with Gasteiger partial charge in [-0.05, 0) is 30.0 Å². The zero-order valence-electron chi connectivity index (χ0n) is 15.5. The van der Waals surface area contributed by atoms with Gasteiger partial charge in [-0.1, -0.05) is 38.1 Å². The van der Waals surface area contributed by atoms with Gasteiger partial charge in [-0.15, -0.1) is 0 Å². The van der Waals surface area contributed by atoms with Gasteiger partial charge in [0.25, 0.3) is 0 Å². The Hall–Kier alpha value is -2.14. The lowest BCUT2D eigenvalue weighted by Gasteiger charge is -2.33. The number of carbonyl (C=O) groups is 2. The number of piperazine rings is 1. The largest absolute Gasteiger partial charge is 0.355 e. The summed E-state index contributed by atoms with van der Waals surface area (Å²) in [5.74, 6) is 0.591. The van der Waals surface area contributed by atoms with Gasteiger partial charge in [0.2, 0.25) is 11.8 Å². The highest BCUT2D eigenvalue weighted by molar-refractivity contribution is 5.91. The Bertz CT molecular complexity index is 600. The molecule has 1 heterocycles. The number of likely N-dealkylation sites (N-methyl/N-ethyl adjacent to an activating group) is 1. The first kappa shape index (κ1) is 19.2. The van der Waals surface area contributed by atoms with Gasteiger partial charge < -0.3 is 10.2 Å². The molecule has 0 radical (unpaired) electrons. The van der Waals surface area contributed by atoms with Crippen molar-refractivity contribution in [3.05, 3.63) is 41.5 Å². The van der Waals surface area contributed by atoms with E-state index in [-0.39, 0.29) is 11.8 Å². The summed E-state index contributed by atoms with van der Waals surface area (Å²) in [5.41, 5.74) is 2.33. The Kier molecular flexibility index (Phi) is 7.19. The van der Waals surface area contributed by atoms with Gasteiger partial charge in [0, 0.05) is 38.8 Å². The molecule has 0 bridgehead atoms. The second-order valence-corrected chi connectivity index (χ2v) is 6.71. The predicted molar refractivity (Wildman–Crippen MR) is 101 cm³/mol. The molecule has 1 saturated heterocycles. The Labute approximate surface area is 150 Å². The third kappa shape index (κ3) is 6.02. The van der Waals surface area contributed by atoms with Crippen LogP contribution in [0.25, 0.3) is 6.08 Å². The van der Waals surface area contributed by atoms with Crippen LogP contribution in [0.5, 0.6) is 0 Å². The molecule has 1 fully saturated rings. The maximum absolute atomic E-state index is 12.3. The molecule has 0 aliphatic carbocycles. The van der Waals surface area contributed by atoms with Crippen LogP contribution in [0.2, 0.25) is 0 Å². The number of rotatable bonds is 6. The number of amides is 2. The number of nitrogens with one attached hydrogen (secondary N) is 1. The monoisotopic (exact) mass is 343 g/mol. The molecule has 1 aliphatic heterocycles. The highest BCUT2D eigenvalue weighted by atomic mass is 16.2. The van der Waals surface area contributed by atoms with Crippen molar-refractivity contribution in [1.29, 1.82) is 0 Å². The number of benzene rings is 1. The van der Waals surface area contributed by atoms with Crippen molar-refractivity contribution in [1.82, 2.24) is 15.1 Å². The average molecular weight is 343 g/mol. The van der Waals surface area contributed by atoms with Crippen molar-refractivity contribution >= 4 is 17.9 Å². The van der Waals surface area contributed by atoms with Crippen LogP contribution in [0, 0.1) is 0 Å².